The number of carbonyl (C=O) groups excluding carboxylic acids is 1. The second-order valence-corrected chi connectivity index (χ2v) is 8.63. The molecule has 0 radical (unpaired) electrons. The maximum absolute atomic E-state index is 12.2. The van der Waals surface area contributed by atoms with Crippen molar-refractivity contribution in [2.24, 2.45) is 5.92 Å². The molecule has 4 rings (SSSR count). The van der Waals surface area contributed by atoms with Crippen LogP contribution < -0.4 is 5.32 Å². The molecule has 148 valence electrons. The van der Waals surface area contributed by atoms with Crippen molar-refractivity contribution in [1.82, 2.24) is 25.3 Å². The highest BCUT2D eigenvalue weighted by Crippen LogP contribution is 2.36. The lowest BCUT2D eigenvalue weighted by Crippen LogP contribution is -2.31. The Balaban J connectivity index is 1.26. The lowest BCUT2D eigenvalue weighted by atomic mass is 9.82. The van der Waals surface area contributed by atoms with Crippen molar-refractivity contribution in [1.29, 1.82) is 0 Å². The molecule has 3 aromatic rings. The van der Waals surface area contributed by atoms with E-state index in [0.29, 0.717) is 30.0 Å². The van der Waals surface area contributed by atoms with Gasteiger partial charge < -0.3 is 9.73 Å². The number of nitrogens with one attached hydrogen (secondary N) is 1. The predicted molar refractivity (Wildman–Crippen MR) is 107 cm³/mol. The minimum atomic E-state index is -0.0953. The molecule has 0 bridgehead atoms. The molecule has 0 aliphatic heterocycles. The maximum atomic E-state index is 12.2. The molecule has 7 nitrogen and oxygen atoms in total. The van der Waals surface area contributed by atoms with E-state index in [1.807, 2.05) is 19.2 Å². The molecule has 1 amide bonds. The molecule has 1 saturated carbocycles. The summed E-state index contributed by atoms with van der Waals surface area (Å²) in [4.78, 5) is 14.5. The Morgan fingerprint density at radius 1 is 1.25 bits per heavy atom. The quantitative estimate of drug-likeness (QED) is 0.676. The van der Waals surface area contributed by atoms with E-state index in [1.165, 1.54) is 4.88 Å². The summed E-state index contributed by atoms with van der Waals surface area (Å²) in [6, 6.07) is 5.86. The van der Waals surface area contributed by atoms with E-state index in [1.54, 1.807) is 22.1 Å². The highest BCUT2D eigenvalue weighted by Gasteiger charge is 2.27. The number of amides is 1. The zero-order chi connectivity index (χ0) is 19.5. The smallest absolute Gasteiger partial charge is 0.271 e. The summed E-state index contributed by atoms with van der Waals surface area (Å²) in [5, 5.41) is 15.8. The normalized spacial score (nSPS) is 19.6. The first-order valence-corrected chi connectivity index (χ1v) is 10.7. The van der Waals surface area contributed by atoms with Gasteiger partial charge in [0.05, 0.1) is 4.88 Å². The molecule has 1 N–H and O–H groups in total. The van der Waals surface area contributed by atoms with Gasteiger partial charge in [0, 0.05) is 30.1 Å². The predicted octanol–water partition coefficient (Wildman–Crippen LogP) is 4.03. The number of aryl methyl sites for hydroxylation is 2. The third kappa shape index (κ3) is 4.16. The van der Waals surface area contributed by atoms with Crippen LogP contribution in [0.15, 0.2) is 28.8 Å². The van der Waals surface area contributed by atoms with Gasteiger partial charge in [-0.3, -0.25) is 9.48 Å². The van der Waals surface area contributed by atoms with Crippen molar-refractivity contribution >= 4 is 17.2 Å². The van der Waals surface area contributed by atoms with Crippen molar-refractivity contribution in [3.63, 3.8) is 0 Å². The van der Waals surface area contributed by atoms with Crippen molar-refractivity contribution in [3.8, 4) is 10.8 Å². The van der Waals surface area contributed by atoms with Gasteiger partial charge in [-0.15, -0.1) is 21.5 Å². The first-order valence-electron chi connectivity index (χ1n) is 9.84. The fourth-order valence-corrected chi connectivity index (χ4v) is 4.44. The van der Waals surface area contributed by atoms with Crippen LogP contribution in [0.5, 0.6) is 0 Å². The molecule has 0 unspecified atom stereocenters. The van der Waals surface area contributed by atoms with Gasteiger partial charge >= 0.3 is 0 Å². The Bertz CT molecular complexity index is 936. The molecule has 28 heavy (non-hydrogen) atoms. The average Bonchev–Trinajstić information content (AvgIpc) is 3.46. The molecule has 3 heterocycles. The standard InChI is InChI=1S/C20H25N5O2S/c1-3-25-11-10-16(24-25)18(26)21-12-14-5-7-15(8-6-14)19-22-23-20(27-19)17-9-4-13(2)28-17/h4,9-11,14-15H,3,5-8,12H2,1-2H3,(H,21,26). The average molecular weight is 400 g/mol. The van der Waals surface area contributed by atoms with Crippen molar-refractivity contribution in [3.05, 3.63) is 40.9 Å². The van der Waals surface area contributed by atoms with Crippen LogP contribution in [0.3, 0.4) is 0 Å². The van der Waals surface area contributed by atoms with E-state index in [9.17, 15) is 4.79 Å². The van der Waals surface area contributed by atoms with Crippen LogP contribution in [0.2, 0.25) is 0 Å². The minimum absolute atomic E-state index is 0.0953. The first kappa shape index (κ1) is 18.9. The van der Waals surface area contributed by atoms with Gasteiger partial charge in [0.2, 0.25) is 5.89 Å². The van der Waals surface area contributed by atoms with E-state index in [-0.39, 0.29) is 5.91 Å². The zero-order valence-corrected chi connectivity index (χ0v) is 17.0. The van der Waals surface area contributed by atoms with Crippen LogP contribution in [0, 0.1) is 12.8 Å². The van der Waals surface area contributed by atoms with Gasteiger partial charge in [0.25, 0.3) is 11.8 Å². The SMILES string of the molecule is CCn1ccc(C(=O)NCC2CCC(c3nnc(-c4ccc(C)s4)o3)CC2)n1. The Morgan fingerprint density at radius 2 is 2.07 bits per heavy atom. The third-order valence-corrected chi connectivity index (χ3v) is 6.33. The lowest BCUT2D eigenvalue weighted by Gasteiger charge is -2.26. The topological polar surface area (TPSA) is 85.8 Å². The van der Waals surface area contributed by atoms with Crippen LogP contribution in [0.4, 0.5) is 0 Å². The maximum Gasteiger partial charge on any atom is 0.271 e. The Hall–Kier alpha value is -2.48. The number of hydrogen-bond donors (Lipinski definition) is 1. The number of aromatic nitrogens is 4. The van der Waals surface area contributed by atoms with Crippen molar-refractivity contribution in [2.75, 3.05) is 6.54 Å². The van der Waals surface area contributed by atoms with Crippen LogP contribution in [0.1, 0.15) is 59.8 Å². The van der Waals surface area contributed by atoms with Gasteiger partial charge in [0.1, 0.15) is 5.69 Å². The zero-order valence-electron chi connectivity index (χ0n) is 16.2. The molecule has 0 spiro atoms. The fourth-order valence-electron chi connectivity index (χ4n) is 3.65. The number of carbonyl (C=O) groups is 1. The highest BCUT2D eigenvalue weighted by atomic mass is 32.1. The van der Waals surface area contributed by atoms with Crippen molar-refractivity contribution < 1.29 is 9.21 Å². The second kappa shape index (κ2) is 8.26. The van der Waals surface area contributed by atoms with Gasteiger partial charge in [-0.2, -0.15) is 5.10 Å². The van der Waals surface area contributed by atoms with Crippen LogP contribution >= 0.6 is 11.3 Å². The fraction of sp³-hybridized carbons (Fsp3) is 0.500. The molecular formula is C20H25N5O2S. The Labute approximate surface area is 168 Å². The highest BCUT2D eigenvalue weighted by molar-refractivity contribution is 7.15. The summed E-state index contributed by atoms with van der Waals surface area (Å²) in [6.45, 7) is 5.52. The molecule has 0 atom stereocenters. The largest absolute Gasteiger partial charge is 0.420 e. The lowest BCUT2D eigenvalue weighted by molar-refractivity contribution is 0.0936. The van der Waals surface area contributed by atoms with E-state index >= 15 is 0 Å². The van der Waals surface area contributed by atoms with Crippen LogP contribution in [-0.4, -0.2) is 32.4 Å². The van der Waals surface area contributed by atoms with Gasteiger partial charge in [-0.25, -0.2) is 0 Å². The summed E-state index contributed by atoms with van der Waals surface area (Å²) < 4.78 is 7.69. The number of hydrogen-bond acceptors (Lipinski definition) is 6. The number of nitrogens with zero attached hydrogens (tertiary/aromatic N) is 4. The molecule has 1 fully saturated rings. The molecule has 3 aromatic heterocycles. The molecular weight excluding hydrogens is 374 g/mol. The van der Waals surface area contributed by atoms with Crippen molar-refractivity contribution in [2.45, 2.75) is 52.0 Å². The van der Waals surface area contributed by atoms with E-state index in [2.05, 4.69) is 33.6 Å². The van der Waals surface area contributed by atoms with Gasteiger partial charge in [-0.1, -0.05) is 0 Å². The molecule has 0 aromatic carbocycles. The molecule has 8 heteroatoms. The van der Waals surface area contributed by atoms with E-state index in [4.69, 9.17) is 4.42 Å². The summed E-state index contributed by atoms with van der Waals surface area (Å²) in [6.07, 6.45) is 5.94. The Morgan fingerprint density at radius 3 is 2.75 bits per heavy atom. The van der Waals surface area contributed by atoms with Crippen LogP contribution in [-0.2, 0) is 6.54 Å². The van der Waals surface area contributed by atoms with Crippen LogP contribution in [0.25, 0.3) is 10.8 Å². The van der Waals surface area contributed by atoms with E-state index in [0.717, 1.165) is 43.0 Å². The second-order valence-electron chi connectivity index (χ2n) is 7.34. The number of rotatable bonds is 6. The van der Waals surface area contributed by atoms with Gasteiger partial charge in [0.15, 0.2) is 0 Å². The number of thiophene rings is 1. The third-order valence-electron chi connectivity index (χ3n) is 5.34. The first-order chi connectivity index (χ1) is 13.6. The van der Waals surface area contributed by atoms with Gasteiger partial charge in [-0.05, 0) is 63.6 Å². The summed E-state index contributed by atoms with van der Waals surface area (Å²) in [5.74, 6) is 2.06. The monoisotopic (exact) mass is 399 g/mol. The van der Waals surface area contributed by atoms with E-state index < -0.39 is 0 Å². The summed E-state index contributed by atoms with van der Waals surface area (Å²) in [7, 11) is 0. The summed E-state index contributed by atoms with van der Waals surface area (Å²) >= 11 is 1.67. The minimum Gasteiger partial charge on any atom is -0.420 e. The Kier molecular flexibility index (Phi) is 5.57. The molecule has 1 aliphatic rings. The summed E-state index contributed by atoms with van der Waals surface area (Å²) in [5.41, 5.74) is 0.484. The molecule has 0 saturated heterocycles. The molecule has 1 aliphatic carbocycles.